The van der Waals surface area contributed by atoms with Gasteiger partial charge in [0.05, 0.1) is 6.61 Å². The Morgan fingerprint density at radius 3 is 2.67 bits per heavy atom. The highest BCUT2D eigenvalue weighted by Crippen LogP contribution is 2.30. The topological polar surface area (TPSA) is 26.3 Å². The SMILES string of the molecule is CCOc1ccc(C(C)=O)cc1CSc1ccccc1F. The molecule has 110 valence electrons. The van der Waals surface area contributed by atoms with E-state index in [1.807, 2.05) is 13.0 Å². The van der Waals surface area contributed by atoms with Gasteiger partial charge < -0.3 is 4.74 Å². The summed E-state index contributed by atoms with van der Waals surface area (Å²) in [5.41, 5.74) is 1.54. The molecule has 2 aromatic carbocycles. The summed E-state index contributed by atoms with van der Waals surface area (Å²) in [4.78, 5) is 12.1. The molecule has 2 nitrogen and oxygen atoms in total. The van der Waals surface area contributed by atoms with Crippen molar-refractivity contribution in [2.75, 3.05) is 6.61 Å². The van der Waals surface area contributed by atoms with Gasteiger partial charge in [-0.15, -0.1) is 11.8 Å². The number of carbonyl (C=O) groups is 1. The number of hydrogen-bond acceptors (Lipinski definition) is 3. The van der Waals surface area contributed by atoms with Crippen LogP contribution in [0.1, 0.15) is 29.8 Å². The van der Waals surface area contributed by atoms with Crippen molar-refractivity contribution < 1.29 is 13.9 Å². The van der Waals surface area contributed by atoms with Crippen LogP contribution in [0.3, 0.4) is 0 Å². The molecule has 0 fully saturated rings. The van der Waals surface area contributed by atoms with Crippen LogP contribution in [0.5, 0.6) is 5.75 Å². The Kier molecular flexibility index (Phi) is 5.39. The molecule has 0 heterocycles. The number of carbonyl (C=O) groups excluding carboxylic acids is 1. The maximum atomic E-state index is 13.6. The van der Waals surface area contributed by atoms with Crippen LogP contribution in [-0.4, -0.2) is 12.4 Å². The minimum atomic E-state index is -0.233. The first-order valence-corrected chi connectivity index (χ1v) is 7.74. The van der Waals surface area contributed by atoms with Crippen molar-refractivity contribution in [1.29, 1.82) is 0 Å². The predicted molar refractivity (Wildman–Crippen MR) is 83.6 cm³/mol. The van der Waals surface area contributed by atoms with E-state index >= 15 is 0 Å². The van der Waals surface area contributed by atoms with Crippen LogP contribution in [0.4, 0.5) is 4.39 Å². The average Bonchev–Trinajstić information content (AvgIpc) is 2.47. The molecule has 0 aromatic heterocycles. The molecule has 2 aromatic rings. The van der Waals surface area contributed by atoms with Crippen molar-refractivity contribution in [2.45, 2.75) is 24.5 Å². The Bertz CT molecular complexity index is 640. The van der Waals surface area contributed by atoms with Gasteiger partial charge in [0.25, 0.3) is 0 Å². The third-order valence-electron chi connectivity index (χ3n) is 2.99. The normalized spacial score (nSPS) is 10.4. The lowest BCUT2D eigenvalue weighted by atomic mass is 10.1. The van der Waals surface area contributed by atoms with Crippen molar-refractivity contribution >= 4 is 17.5 Å². The molecular formula is C17H17FO2S. The van der Waals surface area contributed by atoms with Crippen LogP contribution in [0.2, 0.25) is 0 Å². The number of thioether (sulfide) groups is 1. The van der Waals surface area contributed by atoms with Gasteiger partial charge in [-0.1, -0.05) is 12.1 Å². The molecule has 0 aliphatic heterocycles. The van der Waals surface area contributed by atoms with E-state index in [4.69, 9.17) is 4.74 Å². The van der Waals surface area contributed by atoms with Gasteiger partial charge in [0.2, 0.25) is 0 Å². The molecular weight excluding hydrogens is 287 g/mol. The fourth-order valence-corrected chi connectivity index (χ4v) is 2.84. The first-order chi connectivity index (χ1) is 10.1. The van der Waals surface area contributed by atoms with E-state index in [0.29, 0.717) is 22.8 Å². The Morgan fingerprint density at radius 1 is 1.24 bits per heavy atom. The van der Waals surface area contributed by atoms with E-state index in [0.717, 1.165) is 11.3 Å². The number of benzene rings is 2. The van der Waals surface area contributed by atoms with Gasteiger partial charge in [0.15, 0.2) is 5.78 Å². The molecule has 2 rings (SSSR count). The first kappa shape index (κ1) is 15.6. The first-order valence-electron chi connectivity index (χ1n) is 6.75. The fraction of sp³-hybridized carbons (Fsp3) is 0.235. The standard InChI is InChI=1S/C17H17FO2S/c1-3-20-16-9-8-13(12(2)19)10-14(16)11-21-17-7-5-4-6-15(17)18/h4-10H,3,11H2,1-2H3. The zero-order valence-electron chi connectivity index (χ0n) is 12.1. The summed E-state index contributed by atoms with van der Waals surface area (Å²) in [6.07, 6.45) is 0. The summed E-state index contributed by atoms with van der Waals surface area (Å²) in [6.45, 7) is 3.99. The number of rotatable bonds is 6. The Morgan fingerprint density at radius 2 is 2.00 bits per heavy atom. The molecule has 0 aliphatic carbocycles. The lowest BCUT2D eigenvalue weighted by Gasteiger charge is -2.11. The second-order valence-electron chi connectivity index (χ2n) is 4.53. The van der Waals surface area contributed by atoms with E-state index in [9.17, 15) is 9.18 Å². The van der Waals surface area contributed by atoms with Crippen LogP contribution >= 0.6 is 11.8 Å². The number of ether oxygens (including phenoxy) is 1. The zero-order valence-corrected chi connectivity index (χ0v) is 12.9. The largest absolute Gasteiger partial charge is 0.494 e. The average molecular weight is 304 g/mol. The number of Topliss-reactive ketones (excluding diaryl/α,β-unsaturated/α-hetero) is 1. The molecule has 0 bridgehead atoms. The van der Waals surface area contributed by atoms with Crippen LogP contribution < -0.4 is 4.74 Å². The summed E-state index contributed by atoms with van der Waals surface area (Å²) in [6, 6.07) is 12.0. The molecule has 0 unspecified atom stereocenters. The molecule has 0 saturated carbocycles. The Hall–Kier alpha value is -1.81. The van der Waals surface area contributed by atoms with Gasteiger partial charge in [-0.2, -0.15) is 0 Å². The number of halogens is 1. The van der Waals surface area contributed by atoms with Gasteiger partial charge in [0.1, 0.15) is 11.6 Å². The lowest BCUT2D eigenvalue weighted by molar-refractivity contribution is 0.101. The van der Waals surface area contributed by atoms with E-state index in [2.05, 4.69) is 0 Å². The minimum absolute atomic E-state index is 0.00944. The molecule has 0 aliphatic rings. The summed E-state index contributed by atoms with van der Waals surface area (Å²) in [5.74, 6) is 1.07. The molecule has 0 amide bonds. The number of hydrogen-bond donors (Lipinski definition) is 0. The molecule has 4 heteroatoms. The molecule has 0 spiro atoms. The Balaban J connectivity index is 2.22. The smallest absolute Gasteiger partial charge is 0.159 e. The summed E-state index contributed by atoms with van der Waals surface area (Å²) < 4.78 is 19.2. The zero-order chi connectivity index (χ0) is 15.2. The van der Waals surface area contributed by atoms with Crippen LogP contribution in [0, 0.1) is 5.82 Å². The highest BCUT2D eigenvalue weighted by molar-refractivity contribution is 7.98. The van der Waals surface area contributed by atoms with E-state index in [-0.39, 0.29) is 11.6 Å². The lowest BCUT2D eigenvalue weighted by Crippen LogP contribution is -1.99. The second kappa shape index (κ2) is 7.27. The van der Waals surface area contributed by atoms with Crippen molar-refractivity contribution in [1.82, 2.24) is 0 Å². The third-order valence-corrected chi connectivity index (χ3v) is 4.08. The van der Waals surface area contributed by atoms with Gasteiger partial charge in [-0.3, -0.25) is 4.79 Å². The molecule has 0 radical (unpaired) electrons. The van der Waals surface area contributed by atoms with Crippen LogP contribution in [0.15, 0.2) is 47.4 Å². The maximum Gasteiger partial charge on any atom is 0.159 e. The van der Waals surface area contributed by atoms with Crippen LogP contribution in [0.25, 0.3) is 0 Å². The van der Waals surface area contributed by atoms with Crippen molar-refractivity contribution in [3.8, 4) is 5.75 Å². The highest BCUT2D eigenvalue weighted by atomic mass is 32.2. The van der Waals surface area contributed by atoms with Gasteiger partial charge in [0, 0.05) is 21.8 Å². The molecule has 0 atom stereocenters. The summed E-state index contributed by atoms with van der Waals surface area (Å²) >= 11 is 1.39. The van der Waals surface area contributed by atoms with Gasteiger partial charge in [-0.25, -0.2) is 4.39 Å². The van der Waals surface area contributed by atoms with Crippen LogP contribution in [-0.2, 0) is 5.75 Å². The van der Waals surface area contributed by atoms with Crippen molar-refractivity contribution in [2.24, 2.45) is 0 Å². The van der Waals surface area contributed by atoms with Crippen molar-refractivity contribution in [3.05, 3.63) is 59.4 Å². The third kappa shape index (κ3) is 4.08. The molecule has 0 N–H and O–H groups in total. The predicted octanol–water partition coefficient (Wildman–Crippen LogP) is 4.72. The fourth-order valence-electron chi connectivity index (χ4n) is 1.92. The van der Waals surface area contributed by atoms with Crippen molar-refractivity contribution in [3.63, 3.8) is 0 Å². The number of ketones is 1. The molecule has 0 saturated heterocycles. The summed E-state index contributed by atoms with van der Waals surface area (Å²) in [5, 5.41) is 0. The van der Waals surface area contributed by atoms with E-state index in [1.54, 1.807) is 30.3 Å². The van der Waals surface area contributed by atoms with E-state index in [1.165, 1.54) is 24.8 Å². The monoisotopic (exact) mass is 304 g/mol. The Labute approximate surface area is 128 Å². The van der Waals surface area contributed by atoms with E-state index < -0.39 is 0 Å². The summed E-state index contributed by atoms with van der Waals surface area (Å²) in [7, 11) is 0. The second-order valence-corrected chi connectivity index (χ2v) is 5.55. The highest BCUT2D eigenvalue weighted by Gasteiger charge is 2.09. The minimum Gasteiger partial charge on any atom is -0.494 e. The van der Waals surface area contributed by atoms with Gasteiger partial charge in [-0.05, 0) is 44.2 Å². The quantitative estimate of drug-likeness (QED) is 0.570. The molecule has 21 heavy (non-hydrogen) atoms. The maximum absolute atomic E-state index is 13.6. The van der Waals surface area contributed by atoms with Gasteiger partial charge >= 0.3 is 0 Å².